The molecular formula is C22H26ClN3O3. The Hall–Kier alpha value is -2.57. The highest BCUT2D eigenvalue weighted by Gasteiger charge is 2.30. The van der Waals surface area contributed by atoms with Crippen LogP contribution < -0.4 is 10.6 Å². The Morgan fingerprint density at radius 2 is 1.72 bits per heavy atom. The van der Waals surface area contributed by atoms with E-state index in [0.29, 0.717) is 42.3 Å². The molecule has 0 aliphatic carbocycles. The second-order valence-corrected chi connectivity index (χ2v) is 7.80. The van der Waals surface area contributed by atoms with Crippen LogP contribution in [0, 0.1) is 12.8 Å². The zero-order valence-electron chi connectivity index (χ0n) is 16.6. The van der Waals surface area contributed by atoms with E-state index in [1.54, 1.807) is 30.3 Å². The smallest absolute Gasteiger partial charge is 0.241 e. The molecule has 1 aliphatic heterocycles. The summed E-state index contributed by atoms with van der Waals surface area (Å²) >= 11 is 6.12. The zero-order valence-corrected chi connectivity index (χ0v) is 17.4. The number of piperidine rings is 1. The highest BCUT2D eigenvalue weighted by atomic mass is 35.5. The average molecular weight is 416 g/mol. The summed E-state index contributed by atoms with van der Waals surface area (Å²) in [5, 5.41) is 16.2. The predicted molar refractivity (Wildman–Crippen MR) is 115 cm³/mol. The molecule has 3 rings (SSSR count). The molecular weight excluding hydrogens is 390 g/mol. The molecule has 29 heavy (non-hydrogen) atoms. The number of likely N-dealkylation sites (tertiary alicyclic amines) is 1. The molecule has 0 aromatic heterocycles. The van der Waals surface area contributed by atoms with Crippen molar-refractivity contribution in [3.63, 3.8) is 0 Å². The van der Waals surface area contributed by atoms with Crippen molar-refractivity contribution < 1.29 is 14.7 Å². The number of rotatable bonds is 5. The summed E-state index contributed by atoms with van der Waals surface area (Å²) in [6, 6.07) is 11.8. The standard InChI is InChI=1S/C22H26ClN3O3/c1-14-17(23)6-5-8-18(14)24-21(28)15(2)26-12-10-16(11-13-26)22(29)25-19-7-3-4-9-20(19)27/h3-9,15-16,27H,10-13H2,1-2H3,(H,24,28)(H,25,29)/t15-/m1/s1. The van der Waals surface area contributed by atoms with E-state index in [9.17, 15) is 14.7 Å². The molecule has 0 unspecified atom stereocenters. The van der Waals surface area contributed by atoms with Crippen molar-refractivity contribution in [1.29, 1.82) is 0 Å². The number of carbonyl (C=O) groups is 2. The van der Waals surface area contributed by atoms with Crippen LogP contribution in [0.25, 0.3) is 0 Å². The maximum absolute atomic E-state index is 12.7. The SMILES string of the molecule is Cc1c(Cl)cccc1NC(=O)[C@@H](C)N1CCC(C(=O)Nc2ccccc2O)CC1. The Morgan fingerprint density at radius 1 is 1.07 bits per heavy atom. The van der Waals surface area contributed by atoms with Crippen LogP contribution in [0.15, 0.2) is 42.5 Å². The fourth-order valence-electron chi connectivity index (χ4n) is 3.51. The quantitative estimate of drug-likeness (QED) is 0.644. The van der Waals surface area contributed by atoms with E-state index in [-0.39, 0.29) is 29.5 Å². The number of anilines is 2. The van der Waals surface area contributed by atoms with Gasteiger partial charge in [0.2, 0.25) is 11.8 Å². The minimum absolute atomic E-state index is 0.0555. The number of hydrogen-bond acceptors (Lipinski definition) is 4. The number of benzene rings is 2. The summed E-state index contributed by atoms with van der Waals surface area (Å²) < 4.78 is 0. The van der Waals surface area contributed by atoms with Crippen molar-refractivity contribution in [2.45, 2.75) is 32.7 Å². The number of nitrogens with zero attached hydrogens (tertiary/aromatic N) is 1. The van der Waals surface area contributed by atoms with E-state index in [4.69, 9.17) is 11.6 Å². The maximum atomic E-state index is 12.7. The Morgan fingerprint density at radius 3 is 2.41 bits per heavy atom. The van der Waals surface area contributed by atoms with Crippen molar-refractivity contribution in [2.24, 2.45) is 5.92 Å². The summed E-state index contributed by atoms with van der Waals surface area (Å²) in [4.78, 5) is 27.3. The van der Waals surface area contributed by atoms with Gasteiger partial charge in [0.05, 0.1) is 11.7 Å². The van der Waals surface area contributed by atoms with Crippen molar-refractivity contribution in [3.05, 3.63) is 53.1 Å². The summed E-state index contributed by atoms with van der Waals surface area (Å²) in [7, 11) is 0. The highest BCUT2D eigenvalue weighted by molar-refractivity contribution is 6.31. The third kappa shape index (κ3) is 5.08. The lowest BCUT2D eigenvalue weighted by Gasteiger charge is -2.34. The molecule has 1 aliphatic rings. The van der Waals surface area contributed by atoms with Crippen molar-refractivity contribution in [2.75, 3.05) is 23.7 Å². The monoisotopic (exact) mass is 415 g/mol. The molecule has 2 aromatic carbocycles. The molecule has 2 aromatic rings. The molecule has 2 amide bonds. The summed E-state index contributed by atoms with van der Waals surface area (Å²) in [5.74, 6) is -0.276. The first kappa shape index (κ1) is 21.1. The number of phenolic OH excluding ortho intramolecular Hbond substituents is 1. The second kappa shape index (κ2) is 9.29. The third-order valence-electron chi connectivity index (χ3n) is 5.51. The number of hydrogen-bond donors (Lipinski definition) is 3. The van der Waals surface area contributed by atoms with Crippen LogP contribution in [-0.2, 0) is 9.59 Å². The van der Waals surface area contributed by atoms with Gasteiger partial charge in [-0.3, -0.25) is 14.5 Å². The number of aromatic hydroxyl groups is 1. The Balaban J connectivity index is 1.53. The normalized spacial score (nSPS) is 16.2. The van der Waals surface area contributed by atoms with Crippen LogP contribution in [0.1, 0.15) is 25.3 Å². The summed E-state index contributed by atoms with van der Waals surface area (Å²) in [6.07, 6.45) is 1.32. The molecule has 1 saturated heterocycles. The largest absolute Gasteiger partial charge is 0.506 e. The Kier molecular flexibility index (Phi) is 6.77. The van der Waals surface area contributed by atoms with E-state index in [1.807, 2.05) is 26.0 Å². The molecule has 0 bridgehead atoms. The van der Waals surface area contributed by atoms with Gasteiger partial charge in [0.1, 0.15) is 5.75 Å². The molecule has 1 atom stereocenters. The van der Waals surface area contributed by atoms with Gasteiger partial charge in [0.15, 0.2) is 0 Å². The van der Waals surface area contributed by atoms with Crippen LogP contribution in [0.3, 0.4) is 0 Å². The molecule has 1 fully saturated rings. The molecule has 0 spiro atoms. The number of amides is 2. The molecule has 6 nitrogen and oxygen atoms in total. The molecule has 154 valence electrons. The predicted octanol–water partition coefficient (Wildman–Crippen LogP) is 4.03. The summed E-state index contributed by atoms with van der Waals surface area (Å²) in [5.41, 5.74) is 1.98. The summed E-state index contributed by atoms with van der Waals surface area (Å²) in [6.45, 7) is 5.05. The molecule has 3 N–H and O–H groups in total. The van der Waals surface area contributed by atoms with E-state index in [0.717, 1.165) is 5.56 Å². The minimum atomic E-state index is -0.310. The van der Waals surface area contributed by atoms with Gasteiger partial charge in [0, 0.05) is 16.6 Å². The average Bonchev–Trinajstić information content (AvgIpc) is 2.72. The molecule has 0 saturated carbocycles. The van der Waals surface area contributed by atoms with Crippen LogP contribution in [-0.4, -0.2) is 41.0 Å². The minimum Gasteiger partial charge on any atom is -0.506 e. The van der Waals surface area contributed by atoms with E-state index in [2.05, 4.69) is 15.5 Å². The van der Waals surface area contributed by atoms with Crippen molar-refractivity contribution in [1.82, 2.24) is 4.90 Å². The lowest BCUT2D eigenvalue weighted by atomic mass is 9.94. The van der Waals surface area contributed by atoms with Gasteiger partial charge in [-0.25, -0.2) is 0 Å². The second-order valence-electron chi connectivity index (χ2n) is 7.39. The van der Waals surface area contributed by atoms with Gasteiger partial charge >= 0.3 is 0 Å². The molecule has 0 radical (unpaired) electrons. The van der Waals surface area contributed by atoms with Gasteiger partial charge in [-0.15, -0.1) is 0 Å². The number of halogens is 1. The number of carbonyl (C=O) groups excluding carboxylic acids is 2. The van der Waals surface area contributed by atoms with Crippen LogP contribution >= 0.6 is 11.6 Å². The van der Waals surface area contributed by atoms with E-state index < -0.39 is 0 Å². The van der Waals surface area contributed by atoms with Crippen molar-refractivity contribution in [3.8, 4) is 5.75 Å². The number of phenols is 1. The van der Waals surface area contributed by atoms with Crippen molar-refractivity contribution >= 4 is 34.8 Å². The van der Waals surface area contributed by atoms with E-state index >= 15 is 0 Å². The molecule has 1 heterocycles. The topological polar surface area (TPSA) is 81.7 Å². The highest BCUT2D eigenvalue weighted by Crippen LogP contribution is 2.26. The van der Waals surface area contributed by atoms with Gasteiger partial charge < -0.3 is 15.7 Å². The number of para-hydroxylation sites is 2. The lowest BCUT2D eigenvalue weighted by molar-refractivity contribution is -0.123. The van der Waals surface area contributed by atoms with Gasteiger partial charge in [-0.05, 0) is 69.6 Å². The van der Waals surface area contributed by atoms with Crippen LogP contribution in [0.5, 0.6) is 5.75 Å². The van der Waals surface area contributed by atoms with Gasteiger partial charge in [-0.1, -0.05) is 29.8 Å². The van der Waals surface area contributed by atoms with Crippen LogP contribution in [0.4, 0.5) is 11.4 Å². The van der Waals surface area contributed by atoms with Gasteiger partial charge in [0.25, 0.3) is 0 Å². The third-order valence-corrected chi connectivity index (χ3v) is 5.92. The fourth-order valence-corrected chi connectivity index (χ4v) is 3.68. The first-order chi connectivity index (χ1) is 13.9. The zero-order chi connectivity index (χ0) is 21.0. The van der Waals surface area contributed by atoms with Gasteiger partial charge in [-0.2, -0.15) is 0 Å². The lowest BCUT2D eigenvalue weighted by Crippen LogP contribution is -2.47. The Labute approximate surface area is 175 Å². The number of nitrogens with one attached hydrogen (secondary N) is 2. The van der Waals surface area contributed by atoms with E-state index in [1.165, 1.54) is 0 Å². The fraction of sp³-hybridized carbons (Fsp3) is 0.364. The van der Waals surface area contributed by atoms with Crippen LogP contribution in [0.2, 0.25) is 5.02 Å². The first-order valence-corrected chi connectivity index (χ1v) is 10.1. The first-order valence-electron chi connectivity index (χ1n) is 9.75. The Bertz CT molecular complexity index is 895. The molecule has 7 heteroatoms. The maximum Gasteiger partial charge on any atom is 0.241 e.